The summed E-state index contributed by atoms with van der Waals surface area (Å²) in [4.78, 5) is 12.1. The van der Waals surface area contributed by atoms with Gasteiger partial charge in [0.1, 0.15) is 0 Å². The number of benzene rings is 1. The van der Waals surface area contributed by atoms with Crippen LogP contribution in [-0.2, 0) is 13.1 Å². The van der Waals surface area contributed by atoms with Gasteiger partial charge in [0.25, 0.3) is 5.91 Å². The van der Waals surface area contributed by atoms with Gasteiger partial charge >= 0.3 is 0 Å². The summed E-state index contributed by atoms with van der Waals surface area (Å²) >= 11 is 0. The van der Waals surface area contributed by atoms with Gasteiger partial charge in [-0.15, -0.1) is 12.4 Å². The lowest BCUT2D eigenvalue weighted by molar-refractivity contribution is 0.0950. The van der Waals surface area contributed by atoms with Crippen molar-refractivity contribution in [2.24, 2.45) is 11.3 Å². The molecule has 1 aliphatic heterocycles. The fourth-order valence-electron chi connectivity index (χ4n) is 2.68. The Balaban J connectivity index is 0.00000133. The first-order valence-electron chi connectivity index (χ1n) is 6.67. The zero-order valence-electron chi connectivity index (χ0n) is 11.5. The second kappa shape index (κ2) is 5.14. The van der Waals surface area contributed by atoms with Gasteiger partial charge in [0, 0.05) is 25.2 Å². The topological polar surface area (TPSA) is 41.1 Å². The summed E-state index contributed by atoms with van der Waals surface area (Å²) in [5.74, 6) is 0.713. The number of amides is 1. The third-order valence-electron chi connectivity index (χ3n) is 4.33. The molecule has 0 bridgehead atoms. The molecule has 3 nitrogen and oxygen atoms in total. The van der Waals surface area contributed by atoms with Crippen molar-refractivity contribution in [3.63, 3.8) is 0 Å². The standard InChI is InChI=1S/C15H20N2O.ClH/c1-15(2)6-13(15)9-17-14(18)10-3-4-11-7-16-8-12(11)5-10;/h3-5,13,16H,6-9H2,1-2H3,(H,17,18);1H. The monoisotopic (exact) mass is 280 g/mol. The van der Waals surface area contributed by atoms with Crippen molar-refractivity contribution in [3.05, 3.63) is 34.9 Å². The predicted octanol–water partition coefficient (Wildman–Crippen LogP) is 2.49. The lowest BCUT2D eigenvalue weighted by atomic mass is 10.1. The van der Waals surface area contributed by atoms with E-state index in [-0.39, 0.29) is 18.3 Å². The molecule has 1 amide bonds. The van der Waals surface area contributed by atoms with Crippen LogP contribution >= 0.6 is 12.4 Å². The Morgan fingerprint density at radius 1 is 1.37 bits per heavy atom. The number of hydrogen-bond acceptors (Lipinski definition) is 2. The summed E-state index contributed by atoms with van der Waals surface area (Å²) in [5.41, 5.74) is 3.79. The Kier molecular flexibility index (Phi) is 3.88. The zero-order chi connectivity index (χ0) is 12.8. The van der Waals surface area contributed by atoms with Crippen LogP contribution < -0.4 is 10.6 Å². The lowest BCUT2D eigenvalue weighted by Gasteiger charge is -2.07. The van der Waals surface area contributed by atoms with Crippen molar-refractivity contribution in [2.45, 2.75) is 33.4 Å². The Morgan fingerprint density at radius 3 is 2.74 bits per heavy atom. The molecule has 0 spiro atoms. The number of fused-ring (bicyclic) bond motifs is 1. The van der Waals surface area contributed by atoms with Crippen LogP contribution in [0.3, 0.4) is 0 Å². The van der Waals surface area contributed by atoms with Crippen LogP contribution in [0.15, 0.2) is 18.2 Å². The number of carbonyl (C=O) groups excluding carboxylic acids is 1. The number of rotatable bonds is 3. The molecular formula is C15H21ClN2O. The Hall–Kier alpha value is -1.06. The van der Waals surface area contributed by atoms with Gasteiger partial charge in [0.2, 0.25) is 0 Å². The van der Waals surface area contributed by atoms with E-state index < -0.39 is 0 Å². The van der Waals surface area contributed by atoms with Gasteiger partial charge in [-0.25, -0.2) is 0 Å². The highest BCUT2D eigenvalue weighted by atomic mass is 35.5. The van der Waals surface area contributed by atoms with Gasteiger partial charge in [0.05, 0.1) is 0 Å². The highest BCUT2D eigenvalue weighted by Gasteiger charge is 2.45. The maximum Gasteiger partial charge on any atom is 0.251 e. The Labute approximate surface area is 120 Å². The van der Waals surface area contributed by atoms with E-state index in [4.69, 9.17) is 0 Å². The van der Waals surface area contributed by atoms with E-state index in [9.17, 15) is 4.79 Å². The molecule has 1 heterocycles. The maximum atomic E-state index is 12.1. The van der Waals surface area contributed by atoms with Gasteiger partial charge in [-0.1, -0.05) is 19.9 Å². The molecule has 0 radical (unpaired) electrons. The van der Waals surface area contributed by atoms with Crippen molar-refractivity contribution >= 4 is 18.3 Å². The lowest BCUT2D eigenvalue weighted by Crippen LogP contribution is -2.26. The van der Waals surface area contributed by atoms with E-state index in [1.165, 1.54) is 17.5 Å². The van der Waals surface area contributed by atoms with Crippen LogP contribution in [0, 0.1) is 11.3 Å². The molecule has 2 aliphatic rings. The number of halogens is 1. The molecule has 1 saturated carbocycles. The van der Waals surface area contributed by atoms with Crippen LogP contribution in [0.25, 0.3) is 0 Å². The summed E-state index contributed by atoms with van der Waals surface area (Å²) in [6, 6.07) is 6.01. The second-order valence-electron chi connectivity index (χ2n) is 6.19. The van der Waals surface area contributed by atoms with E-state index in [1.54, 1.807) is 0 Å². The molecular weight excluding hydrogens is 260 g/mol. The number of nitrogens with one attached hydrogen (secondary N) is 2. The van der Waals surface area contributed by atoms with Crippen LogP contribution in [0.1, 0.15) is 41.8 Å². The van der Waals surface area contributed by atoms with Crippen molar-refractivity contribution < 1.29 is 4.79 Å². The van der Waals surface area contributed by atoms with Crippen molar-refractivity contribution in [2.75, 3.05) is 6.54 Å². The summed E-state index contributed by atoms with van der Waals surface area (Å²) < 4.78 is 0. The smallest absolute Gasteiger partial charge is 0.251 e. The van der Waals surface area contributed by atoms with Gasteiger partial charge in [0.15, 0.2) is 0 Å². The molecule has 104 valence electrons. The molecule has 3 rings (SSSR count). The normalized spacial score (nSPS) is 22.3. The molecule has 0 saturated heterocycles. The first kappa shape index (κ1) is 14.4. The highest BCUT2D eigenvalue weighted by Crippen LogP contribution is 2.50. The predicted molar refractivity (Wildman–Crippen MR) is 78.5 cm³/mol. The summed E-state index contributed by atoms with van der Waals surface area (Å²) in [7, 11) is 0. The molecule has 1 aromatic carbocycles. The highest BCUT2D eigenvalue weighted by molar-refractivity contribution is 5.94. The molecule has 1 fully saturated rings. The van der Waals surface area contributed by atoms with Gasteiger partial charge < -0.3 is 10.6 Å². The molecule has 19 heavy (non-hydrogen) atoms. The third-order valence-corrected chi connectivity index (χ3v) is 4.33. The van der Waals surface area contributed by atoms with Crippen LogP contribution in [0.2, 0.25) is 0 Å². The minimum atomic E-state index is 0. The van der Waals surface area contributed by atoms with Crippen LogP contribution in [-0.4, -0.2) is 12.5 Å². The van der Waals surface area contributed by atoms with E-state index in [0.29, 0.717) is 11.3 Å². The van der Waals surface area contributed by atoms with Crippen LogP contribution in [0.4, 0.5) is 0 Å². The quantitative estimate of drug-likeness (QED) is 0.893. The Bertz CT molecular complexity index is 499. The summed E-state index contributed by atoms with van der Waals surface area (Å²) in [5, 5.41) is 6.34. The van der Waals surface area contributed by atoms with Crippen molar-refractivity contribution in [3.8, 4) is 0 Å². The molecule has 1 aromatic rings. The fourth-order valence-corrected chi connectivity index (χ4v) is 2.68. The molecule has 1 unspecified atom stereocenters. The molecule has 4 heteroatoms. The molecule has 0 aromatic heterocycles. The van der Waals surface area contributed by atoms with Gasteiger partial charge in [-0.05, 0) is 41.0 Å². The molecule has 2 N–H and O–H groups in total. The SMILES string of the molecule is CC1(C)CC1CNC(=O)c1ccc2c(c1)CNC2.Cl. The number of hydrogen-bond donors (Lipinski definition) is 2. The average Bonchev–Trinajstić information content (AvgIpc) is 2.77. The minimum absolute atomic E-state index is 0. The second-order valence-corrected chi connectivity index (χ2v) is 6.19. The van der Waals surface area contributed by atoms with E-state index in [1.807, 2.05) is 12.1 Å². The fraction of sp³-hybridized carbons (Fsp3) is 0.533. The van der Waals surface area contributed by atoms with E-state index in [0.717, 1.165) is 25.2 Å². The molecule has 1 atom stereocenters. The molecule has 1 aliphatic carbocycles. The first-order chi connectivity index (χ1) is 8.56. The van der Waals surface area contributed by atoms with Gasteiger partial charge in [-0.2, -0.15) is 0 Å². The van der Waals surface area contributed by atoms with E-state index >= 15 is 0 Å². The largest absolute Gasteiger partial charge is 0.352 e. The van der Waals surface area contributed by atoms with Crippen molar-refractivity contribution in [1.82, 2.24) is 10.6 Å². The first-order valence-corrected chi connectivity index (χ1v) is 6.67. The maximum absolute atomic E-state index is 12.1. The van der Waals surface area contributed by atoms with Crippen LogP contribution in [0.5, 0.6) is 0 Å². The zero-order valence-corrected chi connectivity index (χ0v) is 12.3. The Morgan fingerprint density at radius 2 is 2.05 bits per heavy atom. The average molecular weight is 281 g/mol. The number of carbonyl (C=O) groups is 1. The third kappa shape index (κ3) is 2.93. The van der Waals surface area contributed by atoms with Gasteiger partial charge in [-0.3, -0.25) is 4.79 Å². The van der Waals surface area contributed by atoms with Crippen molar-refractivity contribution in [1.29, 1.82) is 0 Å². The minimum Gasteiger partial charge on any atom is -0.352 e. The summed E-state index contributed by atoms with van der Waals surface area (Å²) in [6.45, 7) is 7.12. The summed E-state index contributed by atoms with van der Waals surface area (Å²) in [6.07, 6.45) is 1.22. The van der Waals surface area contributed by atoms with E-state index in [2.05, 4.69) is 30.5 Å².